The van der Waals surface area contributed by atoms with Gasteiger partial charge < -0.3 is 10.1 Å². The van der Waals surface area contributed by atoms with Crippen LogP contribution < -0.4 is 5.32 Å². The fourth-order valence-electron chi connectivity index (χ4n) is 1.66. The van der Waals surface area contributed by atoms with Crippen molar-refractivity contribution in [1.29, 1.82) is 0 Å². The van der Waals surface area contributed by atoms with Crippen molar-refractivity contribution in [2.75, 3.05) is 19.8 Å². The molecule has 21 heavy (non-hydrogen) atoms. The van der Waals surface area contributed by atoms with E-state index < -0.39 is 12.8 Å². The quantitative estimate of drug-likeness (QED) is 0.794. The van der Waals surface area contributed by atoms with Crippen LogP contribution >= 0.6 is 11.3 Å². The molecule has 2 rings (SSSR count). The molecule has 1 aromatic carbocycles. The number of alkyl halides is 3. The largest absolute Gasteiger partial charge is 0.411 e. The van der Waals surface area contributed by atoms with E-state index in [9.17, 15) is 13.2 Å². The van der Waals surface area contributed by atoms with Crippen molar-refractivity contribution in [2.45, 2.75) is 12.7 Å². The van der Waals surface area contributed by atoms with Crippen LogP contribution in [0, 0.1) is 0 Å². The van der Waals surface area contributed by atoms with Gasteiger partial charge in [0.05, 0.1) is 12.3 Å². The Morgan fingerprint density at radius 1 is 1.19 bits per heavy atom. The molecule has 1 aromatic heterocycles. The molecule has 0 aliphatic rings. The number of hydrogen-bond acceptors (Lipinski definition) is 4. The predicted octanol–water partition coefficient (Wildman–Crippen LogP) is 3.48. The summed E-state index contributed by atoms with van der Waals surface area (Å²) in [6.07, 6.45) is -4.26. The second-order valence-electron chi connectivity index (χ2n) is 4.34. The van der Waals surface area contributed by atoms with Gasteiger partial charge >= 0.3 is 6.18 Å². The van der Waals surface area contributed by atoms with Crippen LogP contribution in [0.2, 0.25) is 0 Å². The number of nitrogens with one attached hydrogen (secondary N) is 1. The van der Waals surface area contributed by atoms with Gasteiger partial charge in [-0.3, -0.25) is 0 Å². The Balaban J connectivity index is 1.69. The van der Waals surface area contributed by atoms with Crippen LogP contribution in [0.4, 0.5) is 13.2 Å². The standard InChI is InChI=1S/C14H15F3N2OS/c15-14(16,17)10-20-7-6-18-8-13-19-12(9-21-13)11-4-2-1-3-5-11/h1-5,9,18H,6-8,10H2. The SMILES string of the molecule is FC(F)(F)COCCNCc1nc(-c2ccccc2)cs1. The van der Waals surface area contributed by atoms with E-state index >= 15 is 0 Å². The normalized spacial score (nSPS) is 11.8. The van der Waals surface area contributed by atoms with E-state index in [-0.39, 0.29) is 6.61 Å². The third-order valence-corrected chi connectivity index (χ3v) is 3.44. The number of ether oxygens (including phenoxy) is 1. The Kier molecular flexibility index (Phi) is 5.72. The first-order chi connectivity index (χ1) is 10.0. The maximum absolute atomic E-state index is 11.8. The first kappa shape index (κ1) is 15.9. The number of thiazole rings is 1. The van der Waals surface area contributed by atoms with Crippen molar-refractivity contribution >= 4 is 11.3 Å². The summed E-state index contributed by atoms with van der Waals surface area (Å²) in [7, 11) is 0. The highest BCUT2D eigenvalue weighted by Gasteiger charge is 2.27. The topological polar surface area (TPSA) is 34.1 Å². The average Bonchev–Trinajstić information content (AvgIpc) is 2.91. The van der Waals surface area contributed by atoms with Gasteiger partial charge in [0.1, 0.15) is 11.6 Å². The predicted molar refractivity (Wildman–Crippen MR) is 76.1 cm³/mol. The lowest BCUT2D eigenvalue weighted by Crippen LogP contribution is -2.23. The molecule has 0 unspecified atom stereocenters. The minimum atomic E-state index is -4.26. The second kappa shape index (κ2) is 7.53. The van der Waals surface area contributed by atoms with Crippen molar-refractivity contribution < 1.29 is 17.9 Å². The Hall–Kier alpha value is -1.44. The summed E-state index contributed by atoms with van der Waals surface area (Å²) >= 11 is 1.52. The monoisotopic (exact) mass is 316 g/mol. The first-order valence-corrected chi connectivity index (χ1v) is 7.27. The van der Waals surface area contributed by atoms with Crippen molar-refractivity contribution in [3.63, 3.8) is 0 Å². The number of aromatic nitrogens is 1. The Bertz CT molecular complexity index is 543. The average molecular weight is 316 g/mol. The summed E-state index contributed by atoms with van der Waals surface area (Å²) in [5, 5.41) is 5.87. The zero-order valence-corrected chi connectivity index (χ0v) is 12.0. The van der Waals surface area contributed by atoms with E-state index in [2.05, 4.69) is 15.0 Å². The molecule has 1 heterocycles. The fourth-order valence-corrected chi connectivity index (χ4v) is 2.43. The first-order valence-electron chi connectivity index (χ1n) is 6.39. The molecule has 1 N–H and O–H groups in total. The van der Waals surface area contributed by atoms with Crippen LogP contribution in [-0.2, 0) is 11.3 Å². The summed E-state index contributed by atoms with van der Waals surface area (Å²) in [5.41, 5.74) is 1.96. The van der Waals surface area contributed by atoms with Gasteiger partial charge in [-0.25, -0.2) is 4.98 Å². The Labute approximate surface area is 124 Å². The number of hydrogen-bond donors (Lipinski definition) is 1. The second-order valence-corrected chi connectivity index (χ2v) is 5.28. The van der Waals surface area contributed by atoms with Crippen LogP contribution in [0.3, 0.4) is 0 Å². The molecule has 2 aromatic rings. The van der Waals surface area contributed by atoms with E-state index in [4.69, 9.17) is 0 Å². The van der Waals surface area contributed by atoms with Crippen molar-refractivity contribution in [3.8, 4) is 11.3 Å². The van der Waals surface area contributed by atoms with Gasteiger partial charge in [0.25, 0.3) is 0 Å². The lowest BCUT2D eigenvalue weighted by molar-refractivity contribution is -0.173. The molecule has 0 atom stereocenters. The zero-order chi connectivity index (χ0) is 15.1. The molecule has 0 bridgehead atoms. The zero-order valence-electron chi connectivity index (χ0n) is 11.2. The maximum Gasteiger partial charge on any atom is 0.411 e. The van der Waals surface area contributed by atoms with Crippen LogP contribution in [0.15, 0.2) is 35.7 Å². The molecule has 0 aliphatic carbocycles. The van der Waals surface area contributed by atoms with Gasteiger partial charge in [0.15, 0.2) is 0 Å². The van der Waals surface area contributed by atoms with Crippen LogP contribution in [0.5, 0.6) is 0 Å². The van der Waals surface area contributed by atoms with Gasteiger partial charge in [-0.2, -0.15) is 13.2 Å². The highest BCUT2D eigenvalue weighted by molar-refractivity contribution is 7.09. The Morgan fingerprint density at radius 2 is 1.95 bits per heavy atom. The lowest BCUT2D eigenvalue weighted by Gasteiger charge is -2.07. The van der Waals surface area contributed by atoms with Gasteiger partial charge in [0, 0.05) is 24.0 Å². The highest BCUT2D eigenvalue weighted by Crippen LogP contribution is 2.21. The van der Waals surface area contributed by atoms with E-state index in [0.717, 1.165) is 16.3 Å². The van der Waals surface area contributed by atoms with Gasteiger partial charge in [0.2, 0.25) is 0 Å². The smallest absolute Gasteiger partial charge is 0.371 e. The molecule has 7 heteroatoms. The van der Waals surface area contributed by atoms with E-state index in [1.54, 1.807) is 0 Å². The molecular formula is C14H15F3N2OS. The van der Waals surface area contributed by atoms with E-state index in [0.29, 0.717) is 13.1 Å². The third-order valence-electron chi connectivity index (χ3n) is 2.59. The molecule has 0 spiro atoms. The summed E-state index contributed by atoms with van der Waals surface area (Å²) in [5.74, 6) is 0. The molecule has 114 valence electrons. The molecule has 0 radical (unpaired) electrons. The van der Waals surface area contributed by atoms with Crippen molar-refractivity contribution in [3.05, 3.63) is 40.7 Å². The lowest BCUT2D eigenvalue weighted by atomic mass is 10.2. The van der Waals surface area contributed by atoms with Crippen LogP contribution in [0.1, 0.15) is 5.01 Å². The van der Waals surface area contributed by atoms with E-state index in [1.165, 1.54) is 11.3 Å². The number of nitrogens with zero attached hydrogens (tertiary/aromatic N) is 1. The summed E-state index contributed by atoms with van der Waals surface area (Å²) in [6.45, 7) is -0.302. The Morgan fingerprint density at radius 3 is 2.67 bits per heavy atom. The molecular weight excluding hydrogens is 301 g/mol. The summed E-state index contributed by atoms with van der Waals surface area (Å²) in [4.78, 5) is 4.47. The molecule has 0 fully saturated rings. The van der Waals surface area contributed by atoms with Gasteiger partial charge in [-0.15, -0.1) is 11.3 Å². The van der Waals surface area contributed by atoms with Crippen molar-refractivity contribution in [2.24, 2.45) is 0 Å². The van der Waals surface area contributed by atoms with Crippen molar-refractivity contribution in [1.82, 2.24) is 10.3 Å². The third kappa shape index (κ3) is 5.82. The van der Waals surface area contributed by atoms with Gasteiger partial charge in [-0.05, 0) is 0 Å². The number of halogens is 3. The molecule has 0 amide bonds. The maximum atomic E-state index is 11.8. The minimum absolute atomic E-state index is 0.0242. The van der Waals surface area contributed by atoms with Gasteiger partial charge in [-0.1, -0.05) is 30.3 Å². The number of benzene rings is 1. The molecule has 3 nitrogen and oxygen atoms in total. The van der Waals surface area contributed by atoms with Crippen LogP contribution in [0.25, 0.3) is 11.3 Å². The number of rotatable bonds is 7. The van der Waals surface area contributed by atoms with E-state index in [1.807, 2.05) is 35.7 Å². The minimum Gasteiger partial charge on any atom is -0.371 e. The van der Waals surface area contributed by atoms with Crippen LogP contribution in [-0.4, -0.2) is 30.9 Å². The molecule has 0 aliphatic heterocycles. The molecule has 0 saturated heterocycles. The summed E-state index contributed by atoms with van der Waals surface area (Å²) < 4.78 is 40.0. The summed E-state index contributed by atoms with van der Waals surface area (Å²) in [6, 6.07) is 9.81. The fraction of sp³-hybridized carbons (Fsp3) is 0.357. The highest BCUT2D eigenvalue weighted by atomic mass is 32.1. The molecule has 0 saturated carbocycles.